The first kappa shape index (κ1) is 16.7. The topological polar surface area (TPSA) is 34.4 Å². The zero-order valence-corrected chi connectivity index (χ0v) is 15.5. The van der Waals surface area contributed by atoms with E-state index in [1.807, 2.05) is 11.3 Å². The zero-order chi connectivity index (χ0) is 18.4. The van der Waals surface area contributed by atoms with Gasteiger partial charge in [0.2, 0.25) is 0 Å². The molecule has 2 aromatic heterocycles. The molecule has 0 saturated carbocycles. The average molecular weight is 364 g/mol. The van der Waals surface area contributed by atoms with Crippen LogP contribution in [0.25, 0.3) is 27.5 Å². The predicted octanol–water partition coefficient (Wildman–Crippen LogP) is 5.61. The number of hydrogen-bond donors (Lipinski definition) is 0. The van der Waals surface area contributed by atoms with E-state index in [0.29, 0.717) is 11.4 Å². The van der Waals surface area contributed by atoms with Crippen molar-refractivity contribution in [3.8, 4) is 22.5 Å². The van der Waals surface area contributed by atoms with E-state index >= 15 is 0 Å². The van der Waals surface area contributed by atoms with Gasteiger partial charge in [-0.3, -0.25) is 9.20 Å². The van der Waals surface area contributed by atoms with E-state index in [1.54, 1.807) is 23.5 Å². The Morgan fingerprint density at radius 2 is 1.69 bits per heavy atom. The van der Waals surface area contributed by atoms with Crippen molar-refractivity contribution in [2.75, 3.05) is 0 Å². The van der Waals surface area contributed by atoms with Gasteiger partial charge in [-0.25, -0.2) is 9.37 Å². The summed E-state index contributed by atoms with van der Waals surface area (Å²) in [5.74, 6) is -0.311. The van der Waals surface area contributed by atoms with Gasteiger partial charge < -0.3 is 0 Å². The largest absolute Gasteiger partial charge is 0.296 e. The number of rotatable bonds is 3. The predicted molar refractivity (Wildman–Crippen MR) is 103 cm³/mol. The van der Waals surface area contributed by atoms with Crippen LogP contribution in [0, 0.1) is 26.6 Å². The van der Waals surface area contributed by atoms with Crippen LogP contribution in [-0.2, 0) is 0 Å². The number of carbonyl (C=O) groups is 1. The number of aldehydes is 1. The lowest BCUT2D eigenvalue weighted by Crippen LogP contribution is -1.96. The molecule has 0 aliphatic rings. The minimum Gasteiger partial charge on any atom is -0.296 e. The maximum absolute atomic E-state index is 13.2. The number of hydrogen-bond acceptors (Lipinski definition) is 3. The first-order valence-corrected chi connectivity index (χ1v) is 9.12. The molecule has 0 aliphatic heterocycles. The van der Waals surface area contributed by atoms with Gasteiger partial charge in [-0.05, 0) is 67.8 Å². The van der Waals surface area contributed by atoms with E-state index in [4.69, 9.17) is 0 Å². The fraction of sp³-hybridized carbons (Fsp3) is 0.143. The van der Waals surface area contributed by atoms with Crippen molar-refractivity contribution in [3.05, 3.63) is 70.0 Å². The molecule has 26 heavy (non-hydrogen) atoms. The maximum Gasteiger partial charge on any atom is 0.195 e. The number of halogens is 1. The molecule has 0 bridgehead atoms. The number of imidazole rings is 1. The highest BCUT2D eigenvalue weighted by atomic mass is 32.1. The highest BCUT2D eigenvalue weighted by molar-refractivity contribution is 7.17. The van der Waals surface area contributed by atoms with Crippen LogP contribution in [0.3, 0.4) is 0 Å². The molecule has 0 radical (unpaired) electrons. The second-order valence-corrected chi connectivity index (χ2v) is 7.58. The van der Waals surface area contributed by atoms with Crippen LogP contribution in [0.2, 0.25) is 0 Å². The smallest absolute Gasteiger partial charge is 0.195 e. The van der Waals surface area contributed by atoms with Crippen LogP contribution in [0.5, 0.6) is 0 Å². The molecule has 0 N–H and O–H groups in total. The summed E-state index contributed by atoms with van der Waals surface area (Å²) < 4.78 is 15.2. The number of benzene rings is 2. The number of thiazole rings is 1. The zero-order valence-electron chi connectivity index (χ0n) is 14.7. The summed E-state index contributed by atoms with van der Waals surface area (Å²) in [4.78, 5) is 18.4. The van der Waals surface area contributed by atoms with Gasteiger partial charge in [-0.2, -0.15) is 0 Å². The summed E-state index contributed by atoms with van der Waals surface area (Å²) in [5.41, 5.74) is 6.27. The second kappa shape index (κ2) is 6.18. The number of nitrogens with zero attached hydrogens (tertiary/aromatic N) is 2. The molecule has 2 aromatic carbocycles. The Bertz CT molecular complexity index is 1140. The Kier molecular flexibility index (Phi) is 3.96. The molecule has 0 aliphatic carbocycles. The van der Waals surface area contributed by atoms with Crippen molar-refractivity contribution in [1.82, 2.24) is 9.38 Å². The maximum atomic E-state index is 13.2. The molecular formula is C21H17FN2OS. The molecule has 5 heteroatoms. The molecule has 0 saturated heterocycles. The van der Waals surface area contributed by atoms with Crippen molar-refractivity contribution in [3.63, 3.8) is 0 Å². The molecule has 0 fully saturated rings. The molecular weight excluding hydrogens is 347 g/mol. The Morgan fingerprint density at radius 3 is 2.35 bits per heavy atom. The van der Waals surface area contributed by atoms with Crippen LogP contribution < -0.4 is 0 Å². The van der Waals surface area contributed by atoms with Crippen molar-refractivity contribution in [2.24, 2.45) is 0 Å². The van der Waals surface area contributed by atoms with Gasteiger partial charge in [0, 0.05) is 10.4 Å². The van der Waals surface area contributed by atoms with Gasteiger partial charge in [0.25, 0.3) is 0 Å². The van der Waals surface area contributed by atoms with Crippen molar-refractivity contribution in [1.29, 1.82) is 0 Å². The third-order valence-corrected chi connectivity index (χ3v) is 5.65. The van der Waals surface area contributed by atoms with E-state index < -0.39 is 0 Å². The summed E-state index contributed by atoms with van der Waals surface area (Å²) in [6.07, 6.45) is 0.829. The summed E-state index contributed by atoms with van der Waals surface area (Å²) in [6, 6.07) is 12.4. The van der Waals surface area contributed by atoms with Crippen LogP contribution in [0.4, 0.5) is 4.39 Å². The van der Waals surface area contributed by atoms with Gasteiger partial charge in [-0.15, -0.1) is 11.3 Å². The Labute approximate surface area is 154 Å². The van der Waals surface area contributed by atoms with Crippen LogP contribution >= 0.6 is 11.3 Å². The Hall–Kier alpha value is -2.79. The van der Waals surface area contributed by atoms with Crippen LogP contribution in [-0.4, -0.2) is 15.7 Å². The van der Waals surface area contributed by atoms with E-state index in [2.05, 4.69) is 37.0 Å². The van der Waals surface area contributed by atoms with Crippen molar-refractivity contribution in [2.45, 2.75) is 20.8 Å². The molecule has 4 aromatic rings. The third-order valence-electron chi connectivity index (χ3n) is 4.69. The highest BCUT2D eigenvalue weighted by Gasteiger charge is 2.21. The number of fused-ring (bicyclic) bond motifs is 1. The Morgan fingerprint density at radius 1 is 1.00 bits per heavy atom. The molecule has 0 spiro atoms. The molecule has 0 unspecified atom stereocenters. The minimum absolute atomic E-state index is 0.311. The molecule has 3 nitrogen and oxygen atoms in total. The fourth-order valence-electron chi connectivity index (χ4n) is 3.19. The van der Waals surface area contributed by atoms with Crippen LogP contribution in [0.15, 0.2) is 42.5 Å². The second-order valence-electron chi connectivity index (χ2n) is 6.39. The SMILES string of the molecule is Cc1ccc(-c2c(C)sc3nc(-c4ccc(F)cc4)c(C=O)n23)cc1C. The highest BCUT2D eigenvalue weighted by Crippen LogP contribution is 2.36. The summed E-state index contributed by atoms with van der Waals surface area (Å²) >= 11 is 1.55. The van der Waals surface area contributed by atoms with E-state index in [1.165, 1.54) is 23.3 Å². The van der Waals surface area contributed by atoms with Crippen molar-refractivity contribution >= 4 is 22.6 Å². The van der Waals surface area contributed by atoms with Gasteiger partial charge in [-0.1, -0.05) is 12.1 Å². The quantitative estimate of drug-likeness (QED) is 0.443. The molecule has 2 heterocycles. The lowest BCUT2D eigenvalue weighted by molar-refractivity contribution is 0.111. The van der Waals surface area contributed by atoms with E-state index in [9.17, 15) is 9.18 Å². The number of aryl methyl sites for hydroxylation is 3. The number of carbonyl (C=O) groups excluding carboxylic acids is 1. The third kappa shape index (κ3) is 2.56. The van der Waals surface area contributed by atoms with E-state index in [-0.39, 0.29) is 5.82 Å². The Balaban J connectivity index is 2.00. The van der Waals surface area contributed by atoms with Gasteiger partial charge in [0.1, 0.15) is 17.2 Å². The van der Waals surface area contributed by atoms with Crippen LogP contribution in [0.1, 0.15) is 26.5 Å². The number of aromatic nitrogens is 2. The molecule has 0 atom stereocenters. The monoisotopic (exact) mass is 364 g/mol. The van der Waals surface area contributed by atoms with Gasteiger partial charge in [0.05, 0.1) is 5.69 Å². The first-order valence-electron chi connectivity index (χ1n) is 8.30. The van der Waals surface area contributed by atoms with Crippen molar-refractivity contribution < 1.29 is 9.18 Å². The standard InChI is InChI=1S/C21H17FN2OS/c1-12-4-5-16(10-13(12)2)20-14(3)26-21-23-19(18(11-25)24(20)21)15-6-8-17(22)9-7-15/h4-11H,1-3H3. The molecule has 130 valence electrons. The summed E-state index contributed by atoms with van der Waals surface area (Å²) in [7, 11) is 0. The lowest BCUT2D eigenvalue weighted by Gasteiger charge is -2.07. The van der Waals surface area contributed by atoms with E-state index in [0.717, 1.165) is 32.9 Å². The summed E-state index contributed by atoms with van der Waals surface area (Å²) in [6.45, 7) is 6.20. The molecule has 0 amide bonds. The molecule has 4 rings (SSSR count). The average Bonchev–Trinajstić information content (AvgIpc) is 3.12. The minimum atomic E-state index is -0.311. The summed E-state index contributed by atoms with van der Waals surface area (Å²) in [5, 5.41) is 0. The van der Waals surface area contributed by atoms with Gasteiger partial charge >= 0.3 is 0 Å². The fourth-order valence-corrected chi connectivity index (χ4v) is 4.19. The lowest BCUT2D eigenvalue weighted by atomic mass is 10.0. The van der Waals surface area contributed by atoms with Gasteiger partial charge in [0.15, 0.2) is 11.2 Å². The first-order chi connectivity index (χ1) is 12.5. The normalized spacial score (nSPS) is 11.2.